The molecule has 1 aromatic carbocycles. The number of rotatable bonds is 3. The van der Waals surface area contributed by atoms with E-state index in [1.165, 1.54) is 19.2 Å². The number of likely N-dealkylation sites (tertiary alicyclic amines) is 1. The summed E-state index contributed by atoms with van der Waals surface area (Å²) in [4.78, 5) is 14.1. The number of H-pyrrole nitrogens is 1. The highest BCUT2D eigenvalue weighted by molar-refractivity contribution is 5.94. The Hall–Kier alpha value is -2.37. The molecule has 1 atom stereocenters. The van der Waals surface area contributed by atoms with E-state index < -0.39 is 5.82 Å². The number of nitrogens with zero attached hydrogens (tertiary/aromatic N) is 2. The summed E-state index contributed by atoms with van der Waals surface area (Å²) < 4.78 is 18.5. The van der Waals surface area contributed by atoms with Gasteiger partial charge >= 0.3 is 0 Å². The number of ether oxygens (including phenoxy) is 1. The highest BCUT2D eigenvalue weighted by Crippen LogP contribution is 2.27. The van der Waals surface area contributed by atoms with Crippen molar-refractivity contribution in [3.05, 3.63) is 47.5 Å². The highest BCUT2D eigenvalue weighted by atomic mass is 19.1. The molecule has 1 unspecified atom stereocenters. The van der Waals surface area contributed by atoms with Crippen molar-refractivity contribution in [2.24, 2.45) is 0 Å². The first kappa shape index (κ1) is 13.6. The van der Waals surface area contributed by atoms with Gasteiger partial charge in [0.1, 0.15) is 0 Å². The lowest BCUT2D eigenvalue weighted by molar-refractivity contribution is 0.0790. The molecule has 1 amide bonds. The molecule has 0 bridgehead atoms. The van der Waals surface area contributed by atoms with Crippen LogP contribution in [0.3, 0.4) is 0 Å². The predicted molar refractivity (Wildman–Crippen MR) is 74.8 cm³/mol. The Morgan fingerprint density at radius 3 is 3.00 bits per heavy atom. The van der Waals surface area contributed by atoms with E-state index in [9.17, 15) is 9.18 Å². The Bertz CT molecular complexity index is 642. The highest BCUT2D eigenvalue weighted by Gasteiger charge is 2.29. The normalized spacial score (nSPS) is 18.0. The quantitative estimate of drug-likeness (QED) is 0.942. The molecule has 2 heterocycles. The van der Waals surface area contributed by atoms with Gasteiger partial charge in [0.25, 0.3) is 5.91 Å². The SMILES string of the molecule is COc1ccc(C(=O)N2CCC(c3ccn[nH]3)C2)cc1F. The van der Waals surface area contributed by atoms with E-state index in [1.54, 1.807) is 17.2 Å². The summed E-state index contributed by atoms with van der Waals surface area (Å²) in [6, 6.07) is 6.22. The number of methoxy groups -OCH3 is 1. The Morgan fingerprint density at radius 1 is 1.48 bits per heavy atom. The number of aromatic amines is 1. The van der Waals surface area contributed by atoms with Crippen molar-refractivity contribution in [3.8, 4) is 5.75 Å². The molecule has 1 aliphatic rings. The average Bonchev–Trinajstić information content (AvgIpc) is 3.17. The number of benzene rings is 1. The van der Waals surface area contributed by atoms with E-state index >= 15 is 0 Å². The third kappa shape index (κ3) is 2.61. The zero-order chi connectivity index (χ0) is 14.8. The number of hydrogen-bond donors (Lipinski definition) is 1. The topological polar surface area (TPSA) is 58.2 Å². The molecule has 3 rings (SSSR count). The van der Waals surface area contributed by atoms with E-state index in [1.807, 2.05) is 6.07 Å². The van der Waals surface area contributed by atoms with Gasteiger partial charge in [0, 0.05) is 36.5 Å². The number of nitrogens with one attached hydrogen (secondary N) is 1. The summed E-state index contributed by atoms with van der Waals surface area (Å²) in [6.45, 7) is 1.28. The fourth-order valence-corrected chi connectivity index (χ4v) is 2.67. The number of aromatic nitrogens is 2. The summed E-state index contributed by atoms with van der Waals surface area (Å²) in [5.41, 5.74) is 1.38. The van der Waals surface area contributed by atoms with Gasteiger partial charge in [-0.1, -0.05) is 0 Å². The number of carbonyl (C=O) groups excluding carboxylic acids is 1. The van der Waals surface area contributed by atoms with E-state index in [0.29, 0.717) is 18.7 Å². The van der Waals surface area contributed by atoms with Gasteiger partial charge in [0.2, 0.25) is 0 Å². The van der Waals surface area contributed by atoms with Gasteiger partial charge in [0.15, 0.2) is 11.6 Å². The number of carbonyl (C=O) groups is 1. The molecule has 0 saturated carbocycles. The Labute approximate surface area is 121 Å². The Kier molecular flexibility index (Phi) is 3.60. The van der Waals surface area contributed by atoms with E-state index in [2.05, 4.69) is 10.2 Å². The molecule has 1 aliphatic heterocycles. The maximum atomic E-state index is 13.7. The summed E-state index contributed by atoms with van der Waals surface area (Å²) in [7, 11) is 1.40. The first-order valence-electron chi connectivity index (χ1n) is 6.81. The second-order valence-corrected chi connectivity index (χ2v) is 5.10. The summed E-state index contributed by atoms with van der Waals surface area (Å²) in [5, 5.41) is 6.87. The van der Waals surface area contributed by atoms with Crippen molar-refractivity contribution in [1.29, 1.82) is 0 Å². The van der Waals surface area contributed by atoms with Crippen molar-refractivity contribution in [2.75, 3.05) is 20.2 Å². The molecule has 1 fully saturated rings. The Balaban J connectivity index is 1.73. The van der Waals surface area contributed by atoms with Gasteiger partial charge < -0.3 is 9.64 Å². The molecule has 1 aromatic heterocycles. The van der Waals surface area contributed by atoms with Crippen LogP contribution in [-0.4, -0.2) is 41.2 Å². The second-order valence-electron chi connectivity index (χ2n) is 5.10. The fourth-order valence-electron chi connectivity index (χ4n) is 2.67. The van der Waals surface area contributed by atoms with Gasteiger partial charge in [-0.2, -0.15) is 5.10 Å². The first-order valence-corrected chi connectivity index (χ1v) is 6.81. The van der Waals surface area contributed by atoms with Crippen LogP contribution in [0.5, 0.6) is 5.75 Å². The third-order valence-corrected chi connectivity index (χ3v) is 3.84. The van der Waals surface area contributed by atoms with Gasteiger partial charge in [-0.25, -0.2) is 4.39 Å². The minimum absolute atomic E-state index is 0.142. The third-order valence-electron chi connectivity index (χ3n) is 3.84. The van der Waals surface area contributed by atoms with Crippen LogP contribution in [0.2, 0.25) is 0 Å². The second kappa shape index (κ2) is 5.55. The van der Waals surface area contributed by atoms with E-state index in [-0.39, 0.29) is 17.6 Å². The smallest absolute Gasteiger partial charge is 0.253 e. The minimum atomic E-state index is -0.521. The van der Waals surface area contributed by atoms with E-state index in [4.69, 9.17) is 4.74 Å². The van der Waals surface area contributed by atoms with Crippen LogP contribution in [0.25, 0.3) is 0 Å². The van der Waals surface area contributed by atoms with Crippen LogP contribution in [0, 0.1) is 5.82 Å². The molecular weight excluding hydrogens is 273 g/mol. The van der Waals surface area contributed by atoms with Crippen LogP contribution in [-0.2, 0) is 0 Å². The van der Waals surface area contributed by atoms with Crippen LogP contribution < -0.4 is 4.74 Å². The van der Waals surface area contributed by atoms with Gasteiger partial charge in [-0.05, 0) is 30.7 Å². The molecule has 21 heavy (non-hydrogen) atoms. The predicted octanol–water partition coefficient (Wildman–Crippen LogP) is 2.19. The van der Waals surface area contributed by atoms with Crippen LogP contribution in [0.15, 0.2) is 30.5 Å². The Morgan fingerprint density at radius 2 is 2.33 bits per heavy atom. The van der Waals surface area contributed by atoms with Crippen LogP contribution >= 0.6 is 0 Å². The largest absolute Gasteiger partial charge is 0.494 e. The lowest BCUT2D eigenvalue weighted by Gasteiger charge is -2.16. The number of hydrogen-bond acceptors (Lipinski definition) is 3. The monoisotopic (exact) mass is 289 g/mol. The van der Waals surface area contributed by atoms with Crippen LogP contribution in [0.1, 0.15) is 28.4 Å². The van der Waals surface area contributed by atoms with Gasteiger partial charge in [-0.15, -0.1) is 0 Å². The van der Waals surface area contributed by atoms with Crippen molar-refractivity contribution in [2.45, 2.75) is 12.3 Å². The summed E-state index contributed by atoms with van der Waals surface area (Å²) in [6.07, 6.45) is 2.59. The zero-order valence-corrected chi connectivity index (χ0v) is 11.7. The lowest BCUT2D eigenvalue weighted by Crippen LogP contribution is -2.28. The molecule has 2 aromatic rings. The molecule has 1 N–H and O–H groups in total. The minimum Gasteiger partial charge on any atom is -0.494 e. The lowest BCUT2D eigenvalue weighted by atomic mass is 10.1. The number of amides is 1. The summed E-state index contributed by atoms with van der Waals surface area (Å²) >= 11 is 0. The fraction of sp³-hybridized carbons (Fsp3) is 0.333. The maximum Gasteiger partial charge on any atom is 0.253 e. The first-order chi connectivity index (χ1) is 10.2. The van der Waals surface area contributed by atoms with Gasteiger partial charge in [0.05, 0.1) is 7.11 Å². The molecule has 0 radical (unpaired) electrons. The molecule has 1 saturated heterocycles. The van der Waals surface area contributed by atoms with Gasteiger partial charge in [-0.3, -0.25) is 9.89 Å². The van der Waals surface area contributed by atoms with Crippen molar-refractivity contribution in [3.63, 3.8) is 0 Å². The van der Waals surface area contributed by atoms with Crippen molar-refractivity contribution in [1.82, 2.24) is 15.1 Å². The molecule has 5 nitrogen and oxygen atoms in total. The molecule has 0 spiro atoms. The zero-order valence-electron chi connectivity index (χ0n) is 11.7. The number of halogens is 1. The van der Waals surface area contributed by atoms with E-state index in [0.717, 1.165) is 12.1 Å². The van der Waals surface area contributed by atoms with Crippen molar-refractivity contribution < 1.29 is 13.9 Å². The molecule has 0 aliphatic carbocycles. The average molecular weight is 289 g/mol. The van der Waals surface area contributed by atoms with Crippen molar-refractivity contribution >= 4 is 5.91 Å². The molecule has 6 heteroatoms. The van der Waals surface area contributed by atoms with Crippen LogP contribution in [0.4, 0.5) is 4.39 Å². The molecular formula is C15H16FN3O2. The standard InChI is InChI=1S/C15H16FN3O2/c1-21-14-3-2-10(8-12(14)16)15(20)19-7-5-11(9-19)13-4-6-17-18-13/h2-4,6,8,11H,5,7,9H2,1H3,(H,17,18). The maximum absolute atomic E-state index is 13.7. The summed E-state index contributed by atoms with van der Waals surface area (Å²) in [5.74, 6) is -0.269. The molecule has 110 valence electrons.